The highest BCUT2D eigenvalue weighted by Crippen LogP contribution is 2.32. The molecule has 0 aliphatic rings. The third-order valence-corrected chi connectivity index (χ3v) is 4.29. The van der Waals surface area contributed by atoms with Crippen LogP contribution in [-0.4, -0.2) is 11.1 Å². The monoisotopic (exact) mass is 312 g/mol. The molecule has 0 radical (unpaired) electrons. The second-order valence-corrected chi connectivity index (χ2v) is 5.73. The van der Waals surface area contributed by atoms with Crippen LogP contribution in [0.1, 0.15) is 15.9 Å². The van der Waals surface area contributed by atoms with Crippen LogP contribution in [0.4, 0.5) is 0 Å². The Hall–Kier alpha value is -1.16. The van der Waals surface area contributed by atoms with Crippen LogP contribution < -0.4 is 0 Å². The predicted molar refractivity (Wildman–Crippen MR) is 79.4 cm³/mol. The van der Waals surface area contributed by atoms with Gasteiger partial charge in [-0.2, -0.15) is 0 Å². The lowest BCUT2D eigenvalue weighted by molar-refractivity contribution is 0.0697. The van der Waals surface area contributed by atoms with Gasteiger partial charge in [-0.05, 0) is 35.9 Å². The van der Waals surface area contributed by atoms with Gasteiger partial charge in [0.05, 0.1) is 10.6 Å². The molecule has 0 unspecified atom stereocenters. The van der Waals surface area contributed by atoms with Gasteiger partial charge in [0, 0.05) is 15.7 Å². The molecule has 0 spiro atoms. The Balaban J connectivity index is 2.06. The fourth-order valence-electron chi connectivity index (χ4n) is 1.49. The standard InChI is InChI=1S/C14H10Cl2O2S/c15-11-5-6-12(16)13(7-11)19-8-9-1-3-10(4-2-9)14(17)18/h1-7H,8H2,(H,17,18). The van der Waals surface area contributed by atoms with Crippen molar-refractivity contribution < 1.29 is 9.90 Å². The Labute approximate surface area is 125 Å². The lowest BCUT2D eigenvalue weighted by atomic mass is 10.1. The first-order chi connectivity index (χ1) is 9.06. The number of hydrogen-bond acceptors (Lipinski definition) is 2. The quantitative estimate of drug-likeness (QED) is 0.809. The number of carbonyl (C=O) groups is 1. The van der Waals surface area contributed by atoms with Gasteiger partial charge in [-0.3, -0.25) is 0 Å². The number of benzene rings is 2. The number of halogens is 2. The average Bonchev–Trinajstić information content (AvgIpc) is 2.40. The number of rotatable bonds is 4. The van der Waals surface area contributed by atoms with E-state index in [0.717, 1.165) is 10.5 Å². The molecule has 98 valence electrons. The molecule has 2 aromatic carbocycles. The van der Waals surface area contributed by atoms with Gasteiger partial charge in [0.1, 0.15) is 0 Å². The SMILES string of the molecule is O=C(O)c1ccc(CSc2cc(Cl)ccc2Cl)cc1. The van der Waals surface area contributed by atoms with Gasteiger partial charge in [0.2, 0.25) is 0 Å². The summed E-state index contributed by atoms with van der Waals surface area (Å²) >= 11 is 13.6. The third-order valence-electron chi connectivity index (χ3n) is 2.49. The molecule has 0 saturated heterocycles. The second kappa shape index (κ2) is 6.33. The molecular formula is C14H10Cl2O2S. The Kier molecular flexibility index (Phi) is 4.75. The molecule has 19 heavy (non-hydrogen) atoms. The summed E-state index contributed by atoms with van der Waals surface area (Å²) < 4.78 is 0. The predicted octanol–water partition coefficient (Wildman–Crippen LogP) is 4.98. The second-order valence-electron chi connectivity index (χ2n) is 3.87. The smallest absolute Gasteiger partial charge is 0.335 e. The fourth-order valence-corrected chi connectivity index (χ4v) is 2.94. The molecule has 0 amide bonds. The molecule has 0 fully saturated rings. The molecule has 0 aliphatic carbocycles. The van der Waals surface area contributed by atoms with Gasteiger partial charge in [-0.1, -0.05) is 35.3 Å². The summed E-state index contributed by atoms with van der Waals surface area (Å²) in [5.74, 6) is -0.211. The van der Waals surface area contributed by atoms with Crippen molar-refractivity contribution in [1.29, 1.82) is 0 Å². The van der Waals surface area contributed by atoms with Gasteiger partial charge >= 0.3 is 5.97 Å². The highest BCUT2D eigenvalue weighted by atomic mass is 35.5. The molecule has 0 bridgehead atoms. The molecule has 5 heteroatoms. The van der Waals surface area contributed by atoms with Crippen LogP contribution >= 0.6 is 35.0 Å². The van der Waals surface area contributed by atoms with Crippen LogP contribution in [0.25, 0.3) is 0 Å². The lowest BCUT2D eigenvalue weighted by Gasteiger charge is -2.05. The molecule has 2 nitrogen and oxygen atoms in total. The first-order valence-electron chi connectivity index (χ1n) is 5.46. The van der Waals surface area contributed by atoms with E-state index < -0.39 is 5.97 Å². The van der Waals surface area contributed by atoms with E-state index in [1.54, 1.807) is 48.2 Å². The summed E-state index contributed by atoms with van der Waals surface area (Å²) in [5, 5.41) is 10.1. The van der Waals surface area contributed by atoms with Gasteiger partial charge in [-0.15, -0.1) is 11.8 Å². The molecule has 2 aromatic rings. The molecule has 2 rings (SSSR count). The van der Waals surface area contributed by atoms with Crippen molar-refractivity contribution in [2.24, 2.45) is 0 Å². The first-order valence-corrected chi connectivity index (χ1v) is 7.20. The number of hydrogen-bond donors (Lipinski definition) is 1. The number of aromatic carboxylic acids is 1. The Morgan fingerprint density at radius 3 is 2.42 bits per heavy atom. The number of carboxylic acid groups (broad SMARTS) is 1. The highest BCUT2D eigenvalue weighted by Gasteiger charge is 2.05. The van der Waals surface area contributed by atoms with Crippen molar-refractivity contribution in [3.05, 3.63) is 63.6 Å². The molecule has 0 atom stereocenters. The molecule has 0 aliphatic heterocycles. The van der Waals surface area contributed by atoms with Crippen molar-refractivity contribution in [3.63, 3.8) is 0 Å². The minimum atomic E-state index is -0.919. The maximum Gasteiger partial charge on any atom is 0.335 e. The molecule has 1 N–H and O–H groups in total. The number of carboxylic acids is 1. The van der Waals surface area contributed by atoms with Gasteiger partial charge < -0.3 is 5.11 Å². The van der Waals surface area contributed by atoms with E-state index in [2.05, 4.69) is 0 Å². The van der Waals surface area contributed by atoms with Crippen molar-refractivity contribution in [2.45, 2.75) is 10.6 Å². The molecule has 0 heterocycles. The average molecular weight is 313 g/mol. The van der Waals surface area contributed by atoms with E-state index in [-0.39, 0.29) is 5.56 Å². The molecule has 0 aromatic heterocycles. The van der Waals surface area contributed by atoms with Crippen molar-refractivity contribution in [3.8, 4) is 0 Å². The summed E-state index contributed by atoms with van der Waals surface area (Å²) in [6, 6.07) is 12.1. The van der Waals surface area contributed by atoms with Crippen LogP contribution in [0, 0.1) is 0 Å². The normalized spacial score (nSPS) is 10.4. The van der Waals surface area contributed by atoms with E-state index in [4.69, 9.17) is 28.3 Å². The molecular weight excluding hydrogens is 303 g/mol. The van der Waals surface area contributed by atoms with E-state index in [9.17, 15) is 4.79 Å². The van der Waals surface area contributed by atoms with E-state index in [1.165, 1.54) is 0 Å². The summed E-state index contributed by atoms with van der Waals surface area (Å²) in [6.45, 7) is 0. The summed E-state index contributed by atoms with van der Waals surface area (Å²) in [6.07, 6.45) is 0. The molecule has 0 saturated carbocycles. The van der Waals surface area contributed by atoms with E-state index in [0.29, 0.717) is 15.8 Å². The minimum absolute atomic E-state index is 0.287. The maximum atomic E-state index is 10.7. The van der Waals surface area contributed by atoms with Gasteiger partial charge in [0.15, 0.2) is 0 Å². The lowest BCUT2D eigenvalue weighted by Crippen LogP contribution is -1.95. The van der Waals surface area contributed by atoms with Gasteiger partial charge in [-0.25, -0.2) is 4.79 Å². The van der Waals surface area contributed by atoms with Crippen molar-refractivity contribution >= 4 is 40.9 Å². The topological polar surface area (TPSA) is 37.3 Å². The first kappa shape index (κ1) is 14.3. The maximum absolute atomic E-state index is 10.7. The van der Waals surface area contributed by atoms with Crippen LogP contribution in [0.2, 0.25) is 10.0 Å². The van der Waals surface area contributed by atoms with Crippen molar-refractivity contribution in [2.75, 3.05) is 0 Å². The largest absolute Gasteiger partial charge is 0.478 e. The van der Waals surface area contributed by atoms with Crippen LogP contribution in [0.5, 0.6) is 0 Å². The Morgan fingerprint density at radius 2 is 1.79 bits per heavy atom. The zero-order valence-corrected chi connectivity index (χ0v) is 12.1. The summed E-state index contributed by atoms with van der Waals surface area (Å²) in [4.78, 5) is 11.6. The Bertz CT molecular complexity index is 597. The van der Waals surface area contributed by atoms with E-state index in [1.807, 2.05) is 6.07 Å². The third kappa shape index (κ3) is 3.90. The van der Waals surface area contributed by atoms with Crippen molar-refractivity contribution in [1.82, 2.24) is 0 Å². The van der Waals surface area contributed by atoms with E-state index >= 15 is 0 Å². The minimum Gasteiger partial charge on any atom is -0.478 e. The summed E-state index contributed by atoms with van der Waals surface area (Å²) in [5.41, 5.74) is 1.32. The Morgan fingerprint density at radius 1 is 1.11 bits per heavy atom. The fraction of sp³-hybridized carbons (Fsp3) is 0.0714. The zero-order chi connectivity index (χ0) is 13.8. The van der Waals surface area contributed by atoms with Crippen LogP contribution in [0.3, 0.4) is 0 Å². The zero-order valence-electron chi connectivity index (χ0n) is 9.77. The number of thioether (sulfide) groups is 1. The summed E-state index contributed by atoms with van der Waals surface area (Å²) in [7, 11) is 0. The van der Waals surface area contributed by atoms with Gasteiger partial charge in [0.25, 0.3) is 0 Å². The highest BCUT2D eigenvalue weighted by molar-refractivity contribution is 7.98. The van der Waals surface area contributed by atoms with Crippen LogP contribution in [0.15, 0.2) is 47.4 Å². The van der Waals surface area contributed by atoms with Crippen LogP contribution in [-0.2, 0) is 5.75 Å².